The molecule has 1 rings (SSSR count). The molecule has 0 saturated carbocycles. The summed E-state index contributed by atoms with van der Waals surface area (Å²) in [6.45, 7) is 6.91. The summed E-state index contributed by atoms with van der Waals surface area (Å²) in [7, 11) is 0. The van der Waals surface area contributed by atoms with Gasteiger partial charge >= 0.3 is 18.4 Å². The second-order valence-electron chi connectivity index (χ2n) is 6.75. The molecule has 1 N–H and O–H groups in total. The van der Waals surface area contributed by atoms with Crippen molar-refractivity contribution < 1.29 is 32.2 Å². The molecule has 0 aliphatic carbocycles. The number of alkyl carbamates (subject to hydrolysis) is 1. The highest BCUT2D eigenvalue weighted by Gasteiger charge is 2.30. The van der Waals surface area contributed by atoms with Gasteiger partial charge in [0, 0.05) is 19.6 Å². The van der Waals surface area contributed by atoms with Crippen LogP contribution in [0.1, 0.15) is 38.8 Å². The van der Waals surface area contributed by atoms with E-state index in [1.165, 1.54) is 17.0 Å². The second-order valence-corrected chi connectivity index (χ2v) is 6.75. The van der Waals surface area contributed by atoms with Crippen molar-refractivity contribution >= 4 is 12.2 Å². The van der Waals surface area contributed by atoms with Crippen molar-refractivity contribution in [2.24, 2.45) is 0 Å². The Kier molecular flexibility index (Phi) is 7.93. The van der Waals surface area contributed by atoms with Crippen LogP contribution in [0.15, 0.2) is 24.3 Å². The van der Waals surface area contributed by atoms with Gasteiger partial charge in [-0.3, -0.25) is 0 Å². The fourth-order valence-electron chi connectivity index (χ4n) is 2.12. The monoisotopic (exact) mass is 390 g/mol. The van der Waals surface area contributed by atoms with Crippen LogP contribution >= 0.6 is 0 Å². The summed E-state index contributed by atoms with van der Waals surface area (Å²) >= 11 is 0. The Morgan fingerprint density at radius 1 is 1.19 bits per heavy atom. The van der Waals surface area contributed by atoms with Crippen LogP contribution in [0.25, 0.3) is 0 Å². The van der Waals surface area contributed by atoms with E-state index in [2.05, 4.69) is 5.32 Å². The lowest BCUT2D eigenvalue weighted by molar-refractivity contribution is -0.137. The molecule has 0 spiro atoms. The van der Waals surface area contributed by atoms with Crippen molar-refractivity contribution in [1.29, 1.82) is 0 Å². The molecule has 0 unspecified atom stereocenters. The van der Waals surface area contributed by atoms with Gasteiger partial charge in [-0.2, -0.15) is 13.2 Å². The molecular formula is C18H25F3N2O4. The minimum absolute atomic E-state index is 0.0499. The maximum absolute atomic E-state index is 12.8. The number of ether oxygens (including phenoxy) is 2. The van der Waals surface area contributed by atoms with E-state index >= 15 is 0 Å². The summed E-state index contributed by atoms with van der Waals surface area (Å²) in [5.74, 6) is 0. The third-order valence-electron chi connectivity index (χ3n) is 3.20. The first kappa shape index (κ1) is 22.6. The van der Waals surface area contributed by atoms with Gasteiger partial charge in [0.05, 0.1) is 12.2 Å². The van der Waals surface area contributed by atoms with Crippen LogP contribution < -0.4 is 5.32 Å². The SMILES string of the molecule is CCOC(=O)N(CCNC(=O)OC(C)(C)C)Cc1cccc(C(F)(F)F)c1. The highest BCUT2D eigenvalue weighted by molar-refractivity contribution is 5.69. The first-order valence-corrected chi connectivity index (χ1v) is 8.47. The lowest BCUT2D eigenvalue weighted by Gasteiger charge is -2.23. The number of rotatable bonds is 6. The lowest BCUT2D eigenvalue weighted by Crippen LogP contribution is -2.40. The van der Waals surface area contributed by atoms with Crippen LogP contribution in [0.4, 0.5) is 22.8 Å². The van der Waals surface area contributed by atoms with Crippen molar-refractivity contribution in [3.05, 3.63) is 35.4 Å². The first-order valence-electron chi connectivity index (χ1n) is 8.47. The van der Waals surface area contributed by atoms with Crippen LogP contribution in [-0.2, 0) is 22.2 Å². The van der Waals surface area contributed by atoms with Crippen molar-refractivity contribution in [3.63, 3.8) is 0 Å². The molecule has 0 saturated heterocycles. The Morgan fingerprint density at radius 2 is 1.85 bits per heavy atom. The molecule has 0 aliphatic rings. The van der Waals surface area contributed by atoms with Crippen LogP contribution in [0.3, 0.4) is 0 Å². The molecule has 0 atom stereocenters. The number of nitrogens with zero attached hydrogens (tertiary/aromatic N) is 1. The van der Waals surface area contributed by atoms with Gasteiger partial charge in [0.1, 0.15) is 5.60 Å². The quantitative estimate of drug-likeness (QED) is 0.791. The molecule has 9 heteroatoms. The summed E-state index contributed by atoms with van der Waals surface area (Å²) in [4.78, 5) is 24.9. The number of carbonyl (C=O) groups excluding carboxylic acids is 2. The van der Waals surface area contributed by atoms with E-state index in [-0.39, 0.29) is 26.2 Å². The van der Waals surface area contributed by atoms with Crippen LogP contribution in [0.5, 0.6) is 0 Å². The predicted octanol–water partition coefficient (Wildman–Crippen LogP) is 4.19. The molecule has 27 heavy (non-hydrogen) atoms. The topological polar surface area (TPSA) is 67.9 Å². The molecule has 0 aliphatic heterocycles. The fourth-order valence-corrected chi connectivity index (χ4v) is 2.12. The van der Waals surface area contributed by atoms with Crippen LogP contribution in [0.2, 0.25) is 0 Å². The normalized spacial score (nSPS) is 11.7. The van der Waals surface area contributed by atoms with Crippen LogP contribution in [-0.4, -0.2) is 42.4 Å². The van der Waals surface area contributed by atoms with Gasteiger partial charge < -0.3 is 19.7 Å². The minimum atomic E-state index is -4.47. The van der Waals surface area contributed by atoms with Gasteiger partial charge in [-0.15, -0.1) is 0 Å². The molecular weight excluding hydrogens is 365 g/mol. The second kappa shape index (κ2) is 9.48. The number of carbonyl (C=O) groups is 2. The van der Waals surface area contributed by atoms with Crippen molar-refractivity contribution in [1.82, 2.24) is 10.2 Å². The number of hydrogen-bond acceptors (Lipinski definition) is 4. The lowest BCUT2D eigenvalue weighted by atomic mass is 10.1. The number of amides is 2. The highest BCUT2D eigenvalue weighted by Crippen LogP contribution is 2.29. The molecule has 0 radical (unpaired) electrons. The van der Waals surface area contributed by atoms with Gasteiger partial charge in [-0.25, -0.2) is 9.59 Å². The Bertz CT molecular complexity index is 642. The summed E-state index contributed by atoms with van der Waals surface area (Å²) in [5, 5.41) is 2.50. The standard InChI is InChI=1S/C18H25F3N2O4/c1-5-26-16(25)23(10-9-22-15(24)27-17(2,3)4)12-13-7-6-8-14(11-13)18(19,20)21/h6-8,11H,5,9-10,12H2,1-4H3,(H,22,24). The van der Waals surface area contributed by atoms with E-state index in [9.17, 15) is 22.8 Å². The molecule has 1 aromatic rings. The van der Waals surface area contributed by atoms with E-state index in [0.717, 1.165) is 12.1 Å². The van der Waals surface area contributed by atoms with Gasteiger partial charge in [-0.1, -0.05) is 12.1 Å². The molecule has 2 amide bonds. The van der Waals surface area contributed by atoms with E-state index in [4.69, 9.17) is 9.47 Å². The highest BCUT2D eigenvalue weighted by atomic mass is 19.4. The van der Waals surface area contributed by atoms with E-state index in [1.807, 2.05) is 0 Å². The maximum atomic E-state index is 12.8. The van der Waals surface area contributed by atoms with Gasteiger partial charge in [-0.05, 0) is 45.4 Å². The maximum Gasteiger partial charge on any atom is 0.416 e. The minimum Gasteiger partial charge on any atom is -0.450 e. The molecule has 0 aromatic heterocycles. The van der Waals surface area contributed by atoms with Gasteiger partial charge in [0.15, 0.2) is 0 Å². The molecule has 1 aromatic carbocycles. The van der Waals surface area contributed by atoms with E-state index < -0.39 is 29.5 Å². The predicted molar refractivity (Wildman–Crippen MR) is 93.1 cm³/mol. The van der Waals surface area contributed by atoms with Gasteiger partial charge in [0.25, 0.3) is 0 Å². The Balaban J connectivity index is 2.75. The zero-order valence-corrected chi connectivity index (χ0v) is 15.9. The molecule has 0 bridgehead atoms. The van der Waals surface area contributed by atoms with Crippen molar-refractivity contribution in [3.8, 4) is 0 Å². The largest absolute Gasteiger partial charge is 0.450 e. The fraction of sp³-hybridized carbons (Fsp3) is 0.556. The Morgan fingerprint density at radius 3 is 2.41 bits per heavy atom. The third-order valence-corrected chi connectivity index (χ3v) is 3.20. The summed E-state index contributed by atoms with van der Waals surface area (Å²) in [5.41, 5.74) is -1.16. The zero-order valence-electron chi connectivity index (χ0n) is 15.9. The molecule has 0 fully saturated rings. The molecule has 6 nitrogen and oxygen atoms in total. The average molecular weight is 390 g/mol. The number of nitrogens with one attached hydrogen (secondary N) is 1. The van der Waals surface area contributed by atoms with Crippen molar-refractivity contribution in [2.75, 3.05) is 19.7 Å². The molecule has 0 heterocycles. The van der Waals surface area contributed by atoms with E-state index in [0.29, 0.717) is 5.56 Å². The number of alkyl halides is 3. The first-order chi connectivity index (χ1) is 12.4. The van der Waals surface area contributed by atoms with E-state index in [1.54, 1.807) is 27.7 Å². The average Bonchev–Trinajstić information content (AvgIpc) is 2.52. The number of halogens is 3. The molecule has 152 valence electrons. The third kappa shape index (κ3) is 8.65. The smallest absolute Gasteiger partial charge is 0.416 e. The van der Waals surface area contributed by atoms with Crippen LogP contribution in [0, 0.1) is 0 Å². The summed E-state index contributed by atoms with van der Waals surface area (Å²) in [6, 6.07) is 4.71. The van der Waals surface area contributed by atoms with Gasteiger partial charge in [0.2, 0.25) is 0 Å². The zero-order chi connectivity index (χ0) is 20.7. The number of benzene rings is 1. The Hall–Kier alpha value is -2.45. The summed E-state index contributed by atoms with van der Waals surface area (Å²) in [6.07, 6.45) is -5.80. The van der Waals surface area contributed by atoms with Crippen molar-refractivity contribution in [2.45, 2.75) is 46.0 Å². The number of hydrogen-bond donors (Lipinski definition) is 1. The Labute approximate surface area is 156 Å². The summed E-state index contributed by atoms with van der Waals surface area (Å²) < 4.78 is 48.6.